The van der Waals surface area contributed by atoms with Gasteiger partial charge in [-0.15, -0.1) is 0 Å². The lowest BCUT2D eigenvalue weighted by atomic mass is 10.1. The zero-order valence-electron chi connectivity index (χ0n) is 11.4. The van der Waals surface area contributed by atoms with Crippen molar-refractivity contribution in [1.82, 2.24) is 10.3 Å². The highest BCUT2D eigenvalue weighted by molar-refractivity contribution is 7.99. The first-order chi connectivity index (χ1) is 10.2. The molecule has 21 heavy (non-hydrogen) atoms. The number of rotatable bonds is 4. The molecule has 2 aromatic rings. The van der Waals surface area contributed by atoms with E-state index in [0.29, 0.717) is 5.02 Å². The quantitative estimate of drug-likeness (QED) is 0.905. The minimum Gasteiger partial charge on any atom is -0.324 e. The molecule has 6 heteroatoms. The van der Waals surface area contributed by atoms with Gasteiger partial charge in [-0.25, -0.2) is 4.98 Å². The molecule has 1 aliphatic rings. The molecule has 1 aliphatic heterocycles. The molecule has 0 aliphatic carbocycles. The van der Waals surface area contributed by atoms with E-state index < -0.39 is 0 Å². The van der Waals surface area contributed by atoms with Gasteiger partial charge in [0, 0.05) is 22.3 Å². The van der Waals surface area contributed by atoms with E-state index in [0.717, 1.165) is 27.7 Å². The van der Waals surface area contributed by atoms with Crippen LogP contribution < -0.4 is 10.6 Å². The molecule has 108 valence electrons. The number of aromatic nitrogens is 1. The van der Waals surface area contributed by atoms with Gasteiger partial charge >= 0.3 is 0 Å². The molecule has 4 nitrogen and oxygen atoms in total. The molecule has 2 heterocycles. The second kappa shape index (κ2) is 6.05. The second-order valence-corrected chi connectivity index (χ2v) is 6.18. The van der Waals surface area contributed by atoms with Crippen LogP contribution in [0.5, 0.6) is 0 Å². The summed E-state index contributed by atoms with van der Waals surface area (Å²) in [6.07, 6.45) is 1.63. The molecule has 0 saturated carbocycles. The smallest absolute Gasteiger partial charge is 0.246 e. The summed E-state index contributed by atoms with van der Waals surface area (Å²) in [7, 11) is 0. The largest absolute Gasteiger partial charge is 0.324 e. The number of amides is 1. The molecule has 0 saturated heterocycles. The van der Waals surface area contributed by atoms with Gasteiger partial charge in [0.1, 0.15) is 11.1 Å². The van der Waals surface area contributed by atoms with E-state index in [9.17, 15) is 4.79 Å². The molecule has 1 unspecified atom stereocenters. The molecule has 0 bridgehead atoms. The molecule has 1 amide bonds. The normalized spacial score (nSPS) is 16.7. The monoisotopic (exact) mass is 319 g/mol. The highest BCUT2D eigenvalue weighted by atomic mass is 35.5. The molecule has 1 atom stereocenters. The Hall–Kier alpha value is -1.56. The Morgan fingerprint density at radius 3 is 2.95 bits per heavy atom. The first kappa shape index (κ1) is 14.4. The van der Waals surface area contributed by atoms with Gasteiger partial charge in [-0.3, -0.25) is 4.79 Å². The number of pyridine rings is 1. The number of fused-ring (bicyclic) bond motifs is 1. The van der Waals surface area contributed by atoms with Crippen molar-refractivity contribution in [1.29, 1.82) is 0 Å². The first-order valence-electron chi connectivity index (χ1n) is 6.65. The van der Waals surface area contributed by atoms with Gasteiger partial charge < -0.3 is 10.6 Å². The summed E-state index contributed by atoms with van der Waals surface area (Å²) in [5, 5.41) is 7.58. The van der Waals surface area contributed by atoms with Crippen LogP contribution in [0.3, 0.4) is 0 Å². The van der Waals surface area contributed by atoms with Crippen molar-refractivity contribution in [3.8, 4) is 0 Å². The van der Waals surface area contributed by atoms with Crippen molar-refractivity contribution in [3.05, 3.63) is 47.1 Å². The van der Waals surface area contributed by atoms with Crippen molar-refractivity contribution >= 4 is 35.0 Å². The van der Waals surface area contributed by atoms with Crippen LogP contribution in [-0.2, 0) is 4.79 Å². The number of anilines is 1. The van der Waals surface area contributed by atoms with Crippen LogP contribution in [0.25, 0.3) is 0 Å². The molecular formula is C15H14ClN3OS. The molecule has 1 aromatic heterocycles. The SMILES string of the molecule is CCNC1C(=O)Nc2cc(Sc3ccc(Cl)cn3)ccc21. The molecule has 0 spiro atoms. The number of nitrogens with one attached hydrogen (secondary N) is 2. The number of hydrogen-bond acceptors (Lipinski definition) is 4. The molecule has 1 aromatic carbocycles. The fraction of sp³-hybridized carbons (Fsp3) is 0.200. The number of carbonyl (C=O) groups excluding carboxylic acids is 1. The first-order valence-corrected chi connectivity index (χ1v) is 7.84. The number of benzene rings is 1. The number of carbonyl (C=O) groups is 1. The zero-order chi connectivity index (χ0) is 14.8. The summed E-state index contributed by atoms with van der Waals surface area (Å²) < 4.78 is 0. The summed E-state index contributed by atoms with van der Waals surface area (Å²) in [5.41, 5.74) is 1.86. The van der Waals surface area contributed by atoms with Crippen LogP contribution in [0.2, 0.25) is 5.02 Å². The topological polar surface area (TPSA) is 54.0 Å². The van der Waals surface area contributed by atoms with E-state index in [4.69, 9.17) is 11.6 Å². The summed E-state index contributed by atoms with van der Waals surface area (Å²) in [6.45, 7) is 2.74. The van der Waals surface area contributed by atoms with Gasteiger partial charge in [0.15, 0.2) is 0 Å². The van der Waals surface area contributed by atoms with E-state index >= 15 is 0 Å². The minimum absolute atomic E-state index is 0.00128. The van der Waals surface area contributed by atoms with Crippen LogP contribution in [0, 0.1) is 0 Å². The number of nitrogens with zero attached hydrogens (tertiary/aromatic N) is 1. The van der Waals surface area contributed by atoms with Crippen LogP contribution >= 0.6 is 23.4 Å². The standard InChI is InChI=1S/C15H14ClN3OS/c1-2-17-14-11-5-4-10(7-12(11)19-15(14)20)21-13-6-3-9(16)8-18-13/h3-8,14,17H,2H2,1H3,(H,19,20). The Balaban J connectivity index is 1.82. The second-order valence-electron chi connectivity index (χ2n) is 4.65. The van der Waals surface area contributed by atoms with Crippen LogP contribution in [-0.4, -0.2) is 17.4 Å². The predicted molar refractivity (Wildman–Crippen MR) is 84.9 cm³/mol. The molecule has 0 fully saturated rings. The highest BCUT2D eigenvalue weighted by Gasteiger charge is 2.29. The third kappa shape index (κ3) is 3.05. The lowest BCUT2D eigenvalue weighted by Gasteiger charge is -2.09. The van der Waals surface area contributed by atoms with E-state index in [2.05, 4.69) is 15.6 Å². The van der Waals surface area contributed by atoms with Crippen molar-refractivity contribution < 1.29 is 4.79 Å². The van der Waals surface area contributed by atoms with E-state index in [1.807, 2.05) is 37.3 Å². The predicted octanol–water partition coefficient (Wildman–Crippen LogP) is 3.49. The van der Waals surface area contributed by atoms with Gasteiger partial charge in [0.25, 0.3) is 0 Å². The van der Waals surface area contributed by atoms with Gasteiger partial charge in [0.2, 0.25) is 5.91 Å². The maximum absolute atomic E-state index is 11.9. The summed E-state index contributed by atoms with van der Waals surface area (Å²) in [4.78, 5) is 17.2. The van der Waals surface area contributed by atoms with Crippen LogP contribution in [0.4, 0.5) is 5.69 Å². The van der Waals surface area contributed by atoms with Crippen molar-refractivity contribution in [3.63, 3.8) is 0 Å². The fourth-order valence-electron chi connectivity index (χ4n) is 2.26. The summed E-state index contributed by atoms with van der Waals surface area (Å²) >= 11 is 7.36. The van der Waals surface area contributed by atoms with Gasteiger partial charge in [-0.05, 0) is 30.8 Å². The van der Waals surface area contributed by atoms with E-state index in [1.54, 1.807) is 6.20 Å². The van der Waals surface area contributed by atoms with Gasteiger partial charge in [-0.1, -0.05) is 36.4 Å². The van der Waals surface area contributed by atoms with E-state index in [-0.39, 0.29) is 11.9 Å². The Morgan fingerprint density at radius 2 is 2.24 bits per heavy atom. The van der Waals surface area contributed by atoms with E-state index in [1.165, 1.54) is 11.8 Å². The van der Waals surface area contributed by atoms with Gasteiger partial charge in [0.05, 0.1) is 5.02 Å². The Labute approximate surface area is 132 Å². The highest BCUT2D eigenvalue weighted by Crippen LogP contribution is 2.36. The maximum atomic E-state index is 11.9. The number of halogens is 1. The third-order valence-corrected chi connectivity index (χ3v) is 4.35. The molecule has 0 radical (unpaired) electrons. The third-order valence-electron chi connectivity index (χ3n) is 3.19. The minimum atomic E-state index is -0.252. The Morgan fingerprint density at radius 1 is 1.38 bits per heavy atom. The molecular weight excluding hydrogens is 306 g/mol. The molecule has 2 N–H and O–H groups in total. The lowest BCUT2D eigenvalue weighted by Crippen LogP contribution is -2.27. The lowest BCUT2D eigenvalue weighted by molar-refractivity contribution is -0.117. The average Bonchev–Trinajstić information content (AvgIpc) is 2.78. The number of likely N-dealkylation sites (N-methyl/N-ethyl adjacent to an activating group) is 1. The van der Waals surface area contributed by atoms with Crippen molar-refractivity contribution in [2.45, 2.75) is 22.9 Å². The number of hydrogen-bond donors (Lipinski definition) is 2. The Bertz CT molecular complexity index is 675. The van der Waals surface area contributed by atoms with Crippen LogP contribution in [0.1, 0.15) is 18.5 Å². The average molecular weight is 320 g/mol. The Kier molecular flexibility index (Phi) is 4.14. The zero-order valence-corrected chi connectivity index (χ0v) is 13.0. The summed E-state index contributed by atoms with van der Waals surface area (Å²) in [5.74, 6) is -0.00128. The van der Waals surface area contributed by atoms with Crippen LogP contribution in [0.15, 0.2) is 46.5 Å². The summed E-state index contributed by atoms with van der Waals surface area (Å²) in [6, 6.07) is 9.40. The van der Waals surface area contributed by atoms with Crippen molar-refractivity contribution in [2.75, 3.05) is 11.9 Å². The fourth-order valence-corrected chi connectivity index (χ4v) is 3.16. The van der Waals surface area contributed by atoms with Crippen molar-refractivity contribution in [2.24, 2.45) is 0 Å². The maximum Gasteiger partial charge on any atom is 0.246 e. The molecule has 3 rings (SSSR count). The van der Waals surface area contributed by atoms with Gasteiger partial charge in [-0.2, -0.15) is 0 Å².